The minimum absolute atomic E-state index is 0.0584. The molecule has 0 saturated carbocycles. The van der Waals surface area contributed by atoms with Crippen molar-refractivity contribution in [3.05, 3.63) is 24.5 Å². The lowest BCUT2D eigenvalue weighted by atomic mass is 9.84. The summed E-state index contributed by atoms with van der Waals surface area (Å²) in [6.45, 7) is 7.68. The lowest BCUT2D eigenvalue weighted by Gasteiger charge is -2.29. The standard InChI is InChI=1S/C11H14O3/c1-7-6-9(8(2)13-7)11(3)5-4-10(12)14-11/h4-5,8-9H,1,6H2,2-3H3. The maximum Gasteiger partial charge on any atom is 0.331 e. The molecule has 1 fully saturated rings. The molecule has 3 nitrogen and oxygen atoms in total. The molecule has 0 amide bonds. The number of hydrogen-bond acceptors (Lipinski definition) is 3. The highest BCUT2D eigenvalue weighted by Crippen LogP contribution is 2.40. The molecule has 2 heterocycles. The second kappa shape index (κ2) is 2.87. The van der Waals surface area contributed by atoms with Crippen LogP contribution in [0.15, 0.2) is 24.5 Å². The quantitative estimate of drug-likeness (QED) is 0.597. The van der Waals surface area contributed by atoms with Gasteiger partial charge in [-0.25, -0.2) is 4.79 Å². The topological polar surface area (TPSA) is 35.5 Å². The summed E-state index contributed by atoms with van der Waals surface area (Å²) in [5, 5.41) is 0. The van der Waals surface area contributed by atoms with Gasteiger partial charge in [0.05, 0.1) is 5.76 Å². The monoisotopic (exact) mass is 194 g/mol. The van der Waals surface area contributed by atoms with E-state index in [1.807, 2.05) is 19.9 Å². The van der Waals surface area contributed by atoms with Gasteiger partial charge in [-0.15, -0.1) is 0 Å². The number of cyclic esters (lactones) is 1. The number of ether oxygens (including phenoxy) is 2. The van der Waals surface area contributed by atoms with E-state index in [-0.39, 0.29) is 18.0 Å². The first kappa shape index (κ1) is 9.31. The molecule has 14 heavy (non-hydrogen) atoms. The maximum atomic E-state index is 11.0. The molecule has 0 aromatic carbocycles. The Morgan fingerprint density at radius 1 is 1.64 bits per heavy atom. The summed E-state index contributed by atoms with van der Waals surface area (Å²) < 4.78 is 10.7. The van der Waals surface area contributed by atoms with Crippen molar-refractivity contribution in [2.45, 2.75) is 32.0 Å². The van der Waals surface area contributed by atoms with Gasteiger partial charge in [0.25, 0.3) is 0 Å². The fraction of sp³-hybridized carbons (Fsp3) is 0.545. The van der Waals surface area contributed by atoms with Crippen molar-refractivity contribution < 1.29 is 14.3 Å². The lowest BCUT2D eigenvalue weighted by molar-refractivity contribution is -0.149. The molecule has 0 spiro atoms. The van der Waals surface area contributed by atoms with Gasteiger partial charge in [0.15, 0.2) is 0 Å². The van der Waals surface area contributed by atoms with Gasteiger partial charge in [0.2, 0.25) is 0 Å². The van der Waals surface area contributed by atoms with E-state index in [2.05, 4.69) is 6.58 Å². The van der Waals surface area contributed by atoms with Crippen molar-refractivity contribution in [3.63, 3.8) is 0 Å². The SMILES string of the molecule is C=C1CC(C2(C)C=CC(=O)O2)C(C)O1. The molecule has 0 radical (unpaired) electrons. The molecule has 0 N–H and O–H groups in total. The van der Waals surface area contributed by atoms with Crippen molar-refractivity contribution in [2.24, 2.45) is 5.92 Å². The number of esters is 1. The largest absolute Gasteiger partial charge is 0.495 e. The first-order chi connectivity index (χ1) is 6.51. The Kier molecular flexibility index (Phi) is 1.91. The second-order valence-electron chi connectivity index (χ2n) is 4.11. The van der Waals surface area contributed by atoms with E-state index in [1.165, 1.54) is 6.08 Å². The Morgan fingerprint density at radius 3 is 2.79 bits per heavy atom. The molecule has 3 atom stereocenters. The van der Waals surface area contributed by atoms with Crippen LogP contribution in [-0.2, 0) is 14.3 Å². The van der Waals surface area contributed by atoms with Gasteiger partial charge < -0.3 is 9.47 Å². The Hall–Kier alpha value is -1.25. The van der Waals surface area contributed by atoms with Gasteiger partial charge in [0, 0.05) is 18.4 Å². The highest BCUT2D eigenvalue weighted by atomic mass is 16.6. The number of allylic oxidation sites excluding steroid dienone is 1. The van der Waals surface area contributed by atoms with Crippen LogP contribution in [0.2, 0.25) is 0 Å². The average Bonchev–Trinajstić information content (AvgIpc) is 2.57. The van der Waals surface area contributed by atoms with Gasteiger partial charge in [-0.2, -0.15) is 0 Å². The lowest BCUT2D eigenvalue weighted by Crippen LogP contribution is -2.37. The molecule has 1 saturated heterocycles. The fourth-order valence-electron chi connectivity index (χ4n) is 2.19. The number of rotatable bonds is 1. The van der Waals surface area contributed by atoms with Crippen LogP contribution in [-0.4, -0.2) is 17.7 Å². The molecule has 0 aromatic rings. The molecular weight excluding hydrogens is 180 g/mol. The number of hydrogen-bond donors (Lipinski definition) is 0. The van der Waals surface area contributed by atoms with E-state index in [1.54, 1.807) is 0 Å². The zero-order valence-electron chi connectivity index (χ0n) is 8.45. The molecule has 2 aliphatic rings. The second-order valence-corrected chi connectivity index (χ2v) is 4.11. The van der Waals surface area contributed by atoms with Crippen LogP contribution in [0.25, 0.3) is 0 Å². The molecule has 2 aliphatic heterocycles. The molecular formula is C11H14O3. The van der Waals surface area contributed by atoms with Gasteiger partial charge in [-0.3, -0.25) is 0 Å². The first-order valence-electron chi connectivity index (χ1n) is 4.78. The summed E-state index contributed by atoms with van der Waals surface area (Å²) in [6.07, 6.45) is 4.12. The van der Waals surface area contributed by atoms with Crippen LogP contribution in [0.5, 0.6) is 0 Å². The zero-order valence-corrected chi connectivity index (χ0v) is 8.45. The molecule has 3 unspecified atom stereocenters. The maximum absolute atomic E-state index is 11.0. The molecule has 3 heteroatoms. The van der Waals surface area contributed by atoms with Crippen LogP contribution >= 0.6 is 0 Å². The first-order valence-corrected chi connectivity index (χ1v) is 4.78. The predicted octanol–water partition coefficient (Wildman–Crippen LogP) is 1.80. The predicted molar refractivity (Wildman–Crippen MR) is 51.4 cm³/mol. The summed E-state index contributed by atoms with van der Waals surface area (Å²) in [5.74, 6) is 0.690. The van der Waals surface area contributed by atoms with Gasteiger partial charge >= 0.3 is 5.97 Å². The molecule has 0 aromatic heterocycles. The van der Waals surface area contributed by atoms with Crippen LogP contribution in [0.4, 0.5) is 0 Å². The van der Waals surface area contributed by atoms with E-state index >= 15 is 0 Å². The Balaban J connectivity index is 2.19. The van der Waals surface area contributed by atoms with Crippen molar-refractivity contribution in [2.75, 3.05) is 0 Å². The minimum atomic E-state index is -0.518. The van der Waals surface area contributed by atoms with Crippen LogP contribution in [0, 0.1) is 5.92 Å². The zero-order chi connectivity index (χ0) is 10.3. The van der Waals surface area contributed by atoms with Crippen LogP contribution in [0.3, 0.4) is 0 Å². The van der Waals surface area contributed by atoms with E-state index in [4.69, 9.17) is 9.47 Å². The summed E-state index contributed by atoms with van der Waals surface area (Å²) >= 11 is 0. The summed E-state index contributed by atoms with van der Waals surface area (Å²) in [6, 6.07) is 0. The molecule has 0 aliphatic carbocycles. The normalized spacial score (nSPS) is 41.3. The Labute approximate surface area is 83.4 Å². The van der Waals surface area contributed by atoms with Crippen molar-refractivity contribution in [3.8, 4) is 0 Å². The molecule has 0 bridgehead atoms. The molecule has 76 valence electrons. The molecule has 2 rings (SSSR count). The van der Waals surface area contributed by atoms with E-state index in [0.717, 1.165) is 12.2 Å². The van der Waals surface area contributed by atoms with E-state index in [0.29, 0.717) is 0 Å². The summed E-state index contributed by atoms with van der Waals surface area (Å²) in [4.78, 5) is 11.0. The van der Waals surface area contributed by atoms with Gasteiger partial charge in [-0.05, 0) is 19.9 Å². The van der Waals surface area contributed by atoms with Gasteiger partial charge in [0.1, 0.15) is 11.7 Å². The van der Waals surface area contributed by atoms with Crippen molar-refractivity contribution >= 4 is 5.97 Å². The third kappa shape index (κ3) is 1.33. The Bertz CT molecular complexity index is 318. The third-order valence-corrected chi connectivity index (χ3v) is 2.97. The van der Waals surface area contributed by atoms with E-state index < -0.39 is 5.60 Å². The minimum Gasteiger partial charge on any atom is -0.495 e. The Morgan fingerprint density at radius 2 is 2.36 bits per heavy atom. The number of carbonyl (C=O) groups excluding carboxylic acids is 1. The van der Waals surface area contributed by atoms with Crippen LogP contribution < -0.4 is 0 Å². The van der Waals surface area contributed by atoms with Gasteiger partial charge in [-0.1, -0.05) is 6.58 Å². The van der Waals surface area contributed by atoms with Crippen LogP contribution in [0.1, 0.15) is 20.3 Å². The van der Waals surface area contributed by atoms with E-state index in [9.17, 15) is 4.79 Å². The smallest absolute Gasteiger partial charge is 0.331 e. The average molecular weight is 194 g/mol. The highest BCUT2D eigenvalue weighted by Gasteiger charge is 2.46. The third-order valence-electron chi connectivity index (χ3n) is 2.97. The summed E-state index contributed by atoms with van der Waals surface area (Å²) in [7, 11) is 0. The van der Waals surface area contributed by atoms with Crippen molar-refractivity contribution in [1.82, 2.24) is 0 Å². The van der Waals surface area contributed by atoms with Crippen molar-refractivity contribution in [1.29, 1.82) is 0 Å². The fourth-order valence-corrected chi connectivity index (χ4v) is 2.19. The summed E-state index contributed by atoms with van der Waals surface area (Å²) in [5.41, 5.74) is -0.518. The highest BCUT2D eigenvalue weighted by molar-refractivity contribution is 5.85. The number of carbonyl (C=O) groups is 1.